The van der Waals surface area contributed by atoms with Gasteiger partial charge in [-0.3, -0.25) is 0 Å². The molecule has 0 saturated heterocycles. The van der Waals surface area contributed by atoms with Crippen molar-refractivity contribution in [3.05, 3.63) is 52.5 Å². The molecule has 3 N–H and O–H groups in total. The number of rotatable bonds is 4. The maximum absolute atomic E-state index is 10.9. The summed E-state index contributed by atoms with van der Waals surface area (Å²) in [5, 5.41) is 9.64. The highest BCUT2D eigenvalue weighted by molar-refractivity contribution is 6.31. The molecule has 0 radical (unpaired) electrons. The lowest BCUT2D eigenvalue weighted by molar-refractivity contribution is 0.0696. The molecule has 0 atom stereocenters. The molecule has 20 heavy (non-hydrogen) atoms. The van der Waals surface area contributed by atoms with E-state index in [0.717, 1.165) is 12.0 Å². The fourth-order valence-corrected chi connectivity index (χ4v) is 2.02. The Labute approximate surface area is 121 Å². The molecule has 0 aromatic heterocycles. The van der Waals surface area contributed by atoms with Crippen LogP contribution >= 0.6 is 11.6 Å². The van der Waals surface area contributed by atoms with E-state index in [1.54, 1.807) is 12.1 Å². The van der Waals surface area contributed by atoms with Gasteiger partial charge in [0.2, 0.25) is 0 Å². The van der Waals surface area contributed by atoms with Crippen LogP contribution < -0.4 is 10.5 Å². The zero-order chi connectivity index (χ0) is 14.7. The highest BCUT2D eigenvalue weighted by atomic mass is 35.5. The number of carboxylic acid groups (broad SMARTS) is 1. The van der Waals surface area contributed by atoms with Crippen molar-refractivity contribution in [2.24, 2.45) is 0 Å². The van der Waals surface area contributed by atoms with Gasteiger partial charge in [0.1, 0.15) is 5.75 Å². The van der Waals surface area contributed by atoms with Crippen molar-refractivity contribution in [1.82, 2.24) is 0 Å². The van der Waals surface area contributed by atoms with Crippen molar-refractivity contribution in [2.45, 2.75) is 13.3 Å². The van der Waals surface area contributed by atoms with E-state index >= 15 is 0 Å². The maximum atomic E-state index is 10.9. The van der Waals surface area contributed by atoms with Crippen LogP contribution in [0.2, 0.25) is 5.02 Å². The van der Waals surface area contributed by atoms with Gasteiger partial charge in [-0.2, -0.15) is 0 Å². The molecule has 0 bridgehead atoms. The van der Waals surface area contributed by atoms with Gasteiger partial charge in [-0.25, -0.2) is 4.79 Å². The number of halogens is 1. The molecular weight excluding hydrogens is 278 g/mol. The van der Waals surface area contributed by atoms with Crippen LogP contribution in [0.15, 0.2) is 36.4 Å². The Bertz CT molecular complexity index is 656. The number of hydrogen-bond acceptors (Lipinski definition) is 3. The number of nitrogens with two attached hydrogens (primary N) is 1. The number of carboxylic acids is 1. The Morgan fingerprint density at radius 3 is 2.70 bits per heavy atom. The minimum atomic E-state index is -1.03. The summed E-state index contributed by atoms with van der Waals surface area (Å²) in [6.07, 6.45) is 0.778. The highest BCUT2D eigenvalue weighted by Gasteiger charge is 2.09. The lowest BCUT2D eigenvalue weighted by atomic mass is 10.1. The molecule has 0 aliphatic heterocycles. The predicted octanol–water partition coefficient (Wildman–Crippen LogP) is 3.98. The number of aromatic carboxylic acids is 1. The molecule has 5 heteroatoms. The van der Waals surface area contributed by atoms with Gasteiger partial charge in [0.05, 0.1) is 11.3 Å². The summed E-state index contributed by atoms with van der Waals surface area (Å²) in [7, 11) is 0. The van der Waals surface area contributed by atoms with Gasteiger partial charge in [0.25, 0.3) is 0 Å². The molecule has 2 rings (SSSR count). The SMILES string of the molecule is CCc1cc(Oc2cc(C(=O)O)ccc2N)ccc1Cl. The molecular formula is C15H14ClNO3. The normalized spacial score (nSPS) is 10.3. The Balaban J connectivity index is 2.34. The van der Waals surface area contributed by atoms with Gasteiger partial charge >= 0.3 is 5.97 Å². The molecule has 0 aliphatic carbocycles. The van der Waals surface area contributed by atoms with E-state index in [0.29, 0.717) is 22.2 Å². The number of anilines is 1. The molecule has 0 aliphatic rings. The first-order valence-corrected chi connectivity index (χ1v) is 6.48. The Hall–Kier alpha value is -2.20. The smallest absolute Gasteiger partial charge is 0.335 e. The number of aryl methyl sites for hydroxylation is 1. The summed E-state index contributed by atoms with van der Waals surface area (Å²) < 4.78 is 5.65. The fourth-order valence-electron chi connectivity index (χ4n) is 1.77. The van der Waals surface area contributed by atoms with Crippen LogP contribution in [0, 0.1) is 0 Å². The first-order valence-electron chi connectivity index (χ1n) is 6.10. The largest absolute Gasteiger partial charge is 0.478 e. The molecule has 0 heterocycles. The van der Waals surface area contributed by atoms with E-state index in [9.17, 15) is 4.79 Å². The van der Waals surface area contributed by atoms with Gasteiger partial charge in [-0.15, -0.1) is 0 Å². The van der Waals surface area contributed by atoms with E-state index in [2.05, 4.69) is 0 Å². The molecule has 0 amide bonds. The summed E-state index contributed by atoms with van der Waals surface area (Å²) >= 11 is 6.04. The minimum absolute atomic E-state index is 0.124. The monoisotopic (exact) mass is 291 g/mol. The van der Waals surface area contributed by atoms with Crippen LogP contribution in [0.3, 0.4) is 0 Å². The van der Waals surface area contributed by atoms with Crippen molar-refractivity contribution in [1.29, 1.82) is 0 Å². The second-order valence-electron chi connectivity index (χ2n) is 4.27. The Morgan fingerprint density at radius 1 is 1.30 bits per heavy atom. The Morgan fingerprint density at radius 2 is 2.05 bits per heavy atom. The van der Waals surface area contributed by atoms with Crippen molar-refractivity contribution >= 4 is 23.3 Å². The second kappa shape index (κ2) is 5.84. The number of ether oxygens (including phenoxy) is 1. The van der Waals surface area contributed by atoms with Crippen LogP contribution in [0.4, 0.5) is 5.69 Å². The van der Waals surface area contributed by atoms with Crippen LogP contribution in [0.1, 0.15) is 22.8 Å². The number of nitrogen functional groups attached to an aromatic ring is 1. The zero-order valence-electron chi connectivity index (χ0n) is 10.9. The van der Waals surface area contributed by atoms with Crippen molar-refractivity contribution in [2.75, 3.05) is 5.73 Å². The average Bonchev–Trinajstić information content (AvgIpc) is 2.43. The highest BCUT2D eigenvalue weighted by Crippen LogP contribution is 2.31. The Kier molecular flexibility index (Phi) is 4.15. The van der Waals surface area contributed by atoms with Crippen LogP contribution in [0.5, 0.6) is 11.5 Å². The molecule has 104 valence electrons. The quantitative estimate of drug-likeness (QED) is 0.836. The lowest BCUT2D eigenvalue weighted by Gasteiger charge is -2.11. The van der Waals surface area contributed by atoms with Gasteiger partial charge in [0.15, 0.2) is 5.75 Å². The predicted molar refractivity (Wildman–Crippen MR) is 78.7 cm³/mol. The summed E-state index contributed by atoms with van der Waals surface area (Å²) in [4.78, 5) is 10.9. The second-order valence-corrected chi connectivity index (χ2v) is 4.67. The van der Waals surface area contributed by atoms with Gasteiger partial charge in [-0.05, 0) is 48.4 Å². The van der Waals surface area contributed by atoms with Crippen LogP contribution in [0.25, 0.3) is 0 Å². The molecule has 2 aromatic carbocycles. The molecule has 0 saturated carbocycles. The maximum Gasteiger partial charge on any atom is 0.335 e. The van der Waals surface area contributed by atoms with Crippen molar-refractivity contribution in [3.63, 3.8) is 0 Å². The summed E-state index contributed by atoms with van der Waals surface area (Å²) in [6.45, 7) is 1.99. The third-order valence-electron chi connectivity index (χ3n) is 2.89. The van der Waals surface area contributed by atoms with E-state index < -0.39 is 5.97 Å². The number of hydrogen-bond donors (Lipinski definition) is 2. The first-order chi connectivity index (χ1) is 9.51. The van der Waals surface area contributed by atoms with Gasteiger partial charge in [-0.1, -0.05) is 18.5 Å². The molecule has 2 aromatic rings. The lowest BCUT2D eigenvalue weighted by Crippen LogP contribution is -1.99. The molecule has 0 unspecified atom stereocenters. The minimum Gasteiger partial charge on any atom is -0.478 e. The average molecular weight is 292 g/mol. The number of benzene rings is 2. The van der Waals surface area contributed by atoms with Gasteiger partial charge < -0.3 is 15.6 Å². The van der Waals surface area contributed by atoms with Crippen LogP contribution in [-0.4, -0.2) is 11.1 Å². The van der Waals surface area contributed by atoms with Gasteiger partial charge in [0, 0.05) is 5.02 Å². The topological polar surface area (TPSA) is 72.5 Å². The molecule has 0 fully saturated rings. The summed E-state index contributed by atoms with van der Waals surface area (Å²) in [6, 6.07) is 9.62. The number of carbonyl (C=O) groups is 1. The summed E-state index contributed by atoms with van der Waals surface area (Å²) in [5.74, 6) is -0.144. The van der Waals surface area contributed by atoms with E-state index in [1.807, 2.05) is 13.0 Å². The first kappa shape index (κ1) is 14.2. The third-order valence-corrected chi connectivity index (χ3v) is 3.26. The van der Waals surface area contributed by atoms with Crippen molar-refractivity contribution < 1.29 is 14.6 Å². The summed E-state index contributed by atoms with van der Waals surface area (Å²) in [5.41, 5.74) is 7.25. The third kappa shape index (κ3) is 3.03. The van der Waals surface area contributed by atoms with E-state index in [-0.39, 0.29) is 5.56 Å². The van der Waals surface area contributed by atoms with E-state index in [4.69, 9.17) is 27.2 Å². The fraction of sp³-hybridized carbons (Fsp3) is 0.133. The molecule has 4 nitrogen and oxygen atoms in total. The van der Waals surface area contributed by atoms with E-state index in [1.165, 1.54) is 18.2 Å². The standard InChI is InChI=1S/C15H14ClNO3/c1-2-9-7-11(4-5-12(9)16)20-14-8-10(15(18)19)3-6-13(14)17/h3-8H,2,17H2,1H3,(H,18,19). The zero-order valence-corrected chi connectivity index (χ0v) is 11.6. The molecule has 0 spiro atoms. The van der Waals surface area contributed by atoms with Crippen molar-refractivity contribution in [3.8, 4) is 11.5 Å². The van der Waals surface area contributed by atoms with Crippen LogP contribution in [-0.2, 0) is 6.42 Å².